The van der Waals surface area contributed by atoms with Gasteiger partial charge in [0.05, 0.1) is 6.04 Å². The first-order valence-corrected chi connectivity index (χ1v) is 7.71. The van der Waals surface area contributed by atoms with Gasteiger partial charge in [0.15, 0.2) is 0 Å². The van der Waals surface area contributed by atoms with Crippen molar-refractivity contribution in [1.29, 1.82) is 0 Å². The topological polar surface area (TPSA) is 78.4 Å². The molecule has 2 fully saturated rings. The summed E-state index contributed by atoms with van der Waals surface area (Å²) in [6, 6.07) is 1.79. The molecule has 2 amide bonds. The lowest BCUT2D eigenvalue weighted by Crippen LogP contribution is -2.50. The lowest BCUT2D eigenvalue weighted by Gasteiger charge is -2.35. The van der Waals surface area contributed by atoms with E-state index in [0.29, 0.717) is 5.69 Å². The van der Waals surface area contributed by atoms with E-state index in [1.807, 2.05) is 7.05 Å². The molecule has 2 saturated heterocycles. The number of hydrogen-bond donors (Lipinski definition) is 1. The fourth-order valence-electron chi connectivity index (χ4n) is 3.18. The summed E-state index contributed by atoms with van der Waals surface area (Å²) in [7, 11) is 1.86. The molecular formula is C15H21N5O2. The number of carbonyl (C=O) groups excluding carboxylic acids is 2. The van der Waals surface area contributed by atoms with E-state index in [2.05, 4.69) is 20.2 Å². The second-order valence-electron chi connectivity index (χ2n) is 5.94. The van der Waals surface area contributed by atoms with E-state index in [9.17, 15) is 9.59 Å². The third kappa shape index (κ3) is 3.09. The van der Waals surface area contributed by atoms with E-state index in [-0.39, 0.29) is 23.9 Å². The summed E-state index contributed by atoms with van der Waals surface area (Å²) >= 11 is 0. The molecule has 3 rings (SSSR count). The molecular weight excluding hydrogens is 282 g/mol. The van der Waals surface area contributed by atoms with E-state index in [0.717, 1.165) is 38.9 Å². The highest BCUT2D eigenvalue weighted by molar-refractivity contribution is 5.92. The second-order valence-corrected chi connectivity index (χ2v) is 5.94. The highest BCUT2D eigenvalue weighted by atomic mass is 16.2. The van der Waals surface area contributed by atoms with Gasteiger partial charge in [0.1, 0.15) is 12.0 Å². The summed E-state index contributed by atoms with van der Waals surface area (Å²) in [6.07, 6.45) is 5.58. The van der Waals surface area contributed by atoms with Crippen LogP contribution in [0.1, 0.15) is 29.8 Å². The van der Waals surface area contributed by atoms with Crippen molar-refractivity contribution in [2.24, 2.45) is 0 Å². The minimum Gasteiger partial charge on any atom is -0.348 e. The average Bonchev–Trinajstić information content (AvgIpc) is 2.89. The summed E-state index contributed by atoms with van der Waals surface area (Å²) in [5, 5.41) is 3.02. The van der Waals surface area contributed by atoms with Crippen molar-refractivity contribution in [3.63, 3.8) is 0 Å². The number of carbonyl (C=O) groups is 2. The fourth-order valence-corrected chi connectivity index (χ4v) is 3.18. The third-order valence-corrected chi connectivity index (χ3v) is 4.52. The Morgan fingerprint density at radius 2 is 2.05 bits per heavy atom. The maximum absolute atomic E-state index is 12.1. The standard InChI is InChI=1S/C15H21N5O2/c1-19-7-5-13(15(19)22)20-8-3-11(4-9-20)18-14(21)12-2-6-16-10-17-12/h2,6,10-11,13H,3-5,7-9H2,1H3,(H,18,21). The predicted molar refractivity (Wildman–Crippen MR) is 80.1 cm³/mol. The molecule has 1 aromatic heterocycles. The minimum atomic E-state index is -0.155. The number of nitrogens with one attached hydrogen (secondary N) is 1. The SMILES string of the molecule is CN1CCC(N2CCC(NC(=O)c3ccncn3)CC2)C1=O. The summed E-state index contributed by atoms with van der Waals surface area (Å²) in [4.78, 5) is 35.9. The average molecular weight is 303 g/mol. The van der Waals surface area contributed by atoms with E-state index in [4.69, 9.17) is 0 Å². The molecule has 22 heavy (non-hydrogen) atoms. The van der Waals surface area contributed by atoms with E-state index >= 15 is 0 Å². The van der Waals surface area contributed by atoms with Crippen LogP contribution in [-0.2, 0) is 4.79 Å². The Balaban J connectivity index is 1.50. The zero-order valence-corrected chi connectivity index (χ0v) is 12.7. The van der Waals surface area contributed by atoms with Crippen LogP contribution >= 0.6 is 0 Å². The van der Waals surface area contributed by atoms with Gasteiger partial charge in [0.2, 0.25) is 5.91 Å². The third-order valence-electron chi connectivity index (χ3n) is 4.52. The van der Waals surface area contributed by atoms with Gasteiger partial charge in [0.25, 0.3) is 5.91 Å². The van der Waals surface area contributed by atoms with Crippen LogP contribution in [-0.4, -0.2) is 70.3 Å². The molecule has 0 bridgehead atoms. The summed E-state index contributed by atoms with van der Waals surface area (Å²) in [5.41, 5.74) is 0.394. The zero-order chi connectivity index (χ0) is 15.5. The minimum absolute atomic E-state index is 0.0310. The van der Waals surface area contributed by atoms with E-state index in [1.165, 1.54) is 6.33 Å². The summed E-state index contributed by atoms with van der Waals surface area (Å²) < 4.78 is 0. The van der Waals surface area contributed by atoms with Gasteiger partial charge in [-0.3, -0.25) is 14.5 Å². The lowest BCUT2D eigenvalue weighted by atomic mass is 10.0. The van der Waals surface area contributed by atoms with Crippen molar-refractivity contribution in [3.05, 3.63) is 24.3 Å². The maximum Gasteiger partial charge on any atom is 0.270 e. The van der Waals surface area contributed by atoms with Crippen LogP contribution in [0.4, 0.5) is 0 Å². The van der Waals surface area contributed by atoms with Crippen molar-refractivity contribution >= 4 is 11.8 Å². The molecule has 1 aromatic rings. The number of aromatic nitrogens is 2. The number of rotatable bonds is 3. The van der Waals surface area contributed by atoms with Crippen molar-refractivity contribution in [1.82, 2.24) is 25.1 Å². The number of piperidine rings is 1. The second kappa shape index (κ2) is 6.39. The van der Waals surface area contributed by atoms with Crippen molar-refractivity contribution < 1.29 is 9.59 Å². The van der Waals surface area contributed by atoms with Crippen LogP contribution in [0.2, 0.25) is 0 Å². The van der Waals surface area contributed by atoms with Gasteiger partial charge < -0.3 is 10.2 Å². The molecule has 118 valence electrons. The Labute approximate surface area is 129 Å². The Morgan fingerprint density at radius 1 is 1.27 bits per heavy atom. The Morgan fingerprint density at radius 3 is 2.64 bits per heavy atom. The van der Waals surface area contributed by atoms with Crippen molar-refractivity contribution in [3.8, 4) is 0 Å². The predicted octanol–water partition coefficient (Wildman–Crippen LogP) is -0.0985. The molecule has 0 aromatic carbocycles. The van der Waals surface area contributed by atoms with Gasteiger partial charge in [-0.15, -0.1) is 0 Å². The molecule has 1 atom stereocenters. The highest BCUT2D eigenvalue weighted by Crippen LogP contribution is 2.20. The Bertz CT molecular complexity index is 542. The first-order chi connectivity index (χ1) is 10.6. The van der Waals surface area contributed by atoms with Gasteiger partial charge in [-0.25, -0.2) is 9.97 Å². The summed E-state index contributed by atoms with van der Waals surface area (Å²) in [6.45, 7) is 2.53. The Hall–Kier alpha value is -2.02. The van der Waals surface area contributed by atoms with Crippen LogP contribution in [0.5, 0.6) is 0 Å². The van der Waals surface area contributed by atoms with Gasteiger partial charge in [-0.2, -0.15) is 0 Å². The van der Waals surface area contributed by atoms with Crippen LogP contribution in [0.15, 0.2) is 18.6 Å². The molecule has 0 aliphatic carbocycles. The lowest BCUT2D eigenvalue weighted by molar-refractivity contribution is -0.131. The zero-order valence-electron chi connectivity index (χ0n) is 12.7. The first-order valence-electron chi connectivity index (χ1n) is 7.71. The van der Waals surface area contributed by atoms with Gasteiger partial charge >= 0.3 is 0 Å². The van der Waals surface area contributed by atoms with Gasteiger partial charge in [0, 0.05) is 38.9 Å². The quantitative estimate of drug-likeness (QED) is 0.844. The smallest absolute Gasteiger partial charge is 0.270 e. The molecule has 2 aliphatic rings. The molecule has 3 heterocycles. The maximum atomic E-state index is 12.1. The Kier molecular flexibility index (Phi) is 4.33. The van der Waals surface area contributed by atoms with Crippen LogP contribution in [0, 0.1) is 0 Å². The molecule has 0 saturated carbocycles. The number of hydrogen-bond acceptors (Lipinski definition) is 5. The van der Waals surface area contributed by atoms with Gasteiger partial charge in [-0.1, -0.05) is 0 Å². The van der Waals surface area contributed by atoms with Gasteiger partial charge in [-0.05, 0) is 25.3 Å². The number of amides is 2. The summed E-state index contributed by atoms with van der Waals surface area (Å²) in [5.74, 6) is 0.0704. The van der Waals surface area contributed by atoms with Crippen LogP contribution < -0.4 is 5.32 Å². The fraction of sp³-hybridized carbons (Fsp3) is 0.600. The highest BCUT2D eigenvalue weighted by Gasteiger charge is 2.35. The molecule has 1 N–H and O–H groups in total. The van der Waals surface area contributed by atoms with Crippen LogP contribution in [0.25, 0.3) is 0 Å². The van der Waals surface area contributed by atoms with Crippen molar-refractivity contribution in [2.75, 3.05) is 26.7 Å². The molecule has 7 heteroatoms. The first kappa shape index (κ1) is 14.9. The number of nitrogens with zero attached hydrogens (tertiary/aromatic N) is 4. The number of likely N-dealkylation sites (tertiary alicyclic amines) is 2. The molecule has 7 nitrogen and oxygen atoms in total. The molecule has 2 aliphatic heterocycles. The van der Waals surface area contributed by atoms with E-state index < -0.39 is 0 Å². The normalized spacial score (nSPS) is 23.8. The largest absolute Gasteiger partial charge is 0.348 e. The van der Waals surface area contributed by atoms with Crippen LogP contribution in [0.3, 0.4) is 0 Å². The molecule has 1 unspecified atom stereocenters. The monoisotopic (exact) mass is 303 g/mol. The molecule has 0 spiro atoms. The van der Waals surface area contributed by atoms with E-state index in [1.54, 1.807) is 17.2 Å². The number of likely N-dealkylation sites (N-methyl/N-ethyl adjacent to an activating group) is 1. The molecule has 0 radical (unpaired) electrons. The van der Waals surface area contributed by atoms with Crippen molar-refractivity contribution in [2.45, 2.75) is 31.3 Å².